The Morgan fingerprint density at radius 3 is 2.36 bits per heavy atom. The van der Waals surface area contributed by atoms with Gasteiger partial charge in [-0.25, -0.2) is 0 Å². The first-order valence-corrected chi connectivity index (χ1v) is 9.87. The first kappa shape index (κ1) is 22.2. The number of nitrogens with one attached hydrogen (secondary N) is 2. The van der Waals surface area contributed by atoms with Crippen molar-refractivity contribution < 1.29 is 37.1 Å². The van der Waals surface area contributed by atoms with Crippen molar-refractivity contribution >= 4 is 29.5 Å². The Hall–Kier alpha value is -4.02. The molecule has 33 heavy (non-hydrogen) atoms. The number of carbonyl (C=O) groups is 5. The molecule has 0 spiro atoms. The molecule has 0 aliphatic carbocycles. The number of rotatable bonds is 4. The highest BCUT2D eigenvalue weighted by atomic mass is 19.4. The van der Waals surface area contributed by atoms with Crippen LogP contribution < -0.4 is 10.6 Å². The van der Waals surface area contributed by atoms with E-state index in [-0.39, 0.29) is 36.1 Å². The van der Waals surface area contributed by atoms with Gasteiger partial charge >= 0.3 is 6.18 Å². The van der Waals surface area contributed by atoms with E-state index < -0.39 is 47.3 Å². The maximum absolute atomic E-state index is 13.0. The number of hydrogen-bond donors (Lipinski definition) is 2. The second-order valence-electron chi connectivity index (χ2n) is 7.54. The van der Waals surface area contributed by atoms with E-state index in [4.69, 9.17) is 0 Å². The molecule has 1 fully saturated rings. The summed E-state index contributed by atoms with van der Waals surface area (Å²) in [7, 11) is 0. The van der Waals surface area contributed by atoms with Gasteiger partial charge in [0.2, 0.25) is 11.8 Å². The standard InChI is InChI=1S/C22H16F3N3O5/c23-22(24,25)13-6-4-11(5-7-13)18(30)26-10-12-2-1-3-14-17(12)21(33)28(20(14)32)15-8-9-16(29)27-19(15)31/h1-7,15H,8-10H2,(H,26,30)(H,27,29,31). The van der Waals surface area contributed by atoms with Crippen LogP contribution in [0.15, 0.2) is 42.5 Å². The number of benzene rings is 2. The van der Waals surface area contributed by atoms with E-state index >= 15 is 0 Å². The molecule has 1 saturated heterocycles. The van der Waals surface area contributed by atoms with Crippen molar-refractivity contribution in [3.05, 3.63) is 70.3 Å². The lowest BCUT2D eigenvalue weighted by atomic mass is 10.0. The summed E-state index contributed by atoms with van der Waals surface area (Å²) in [5.41, 5.74) is -0.507. The van der Waals surface area contributed by atoms with Crippen LogP contribution in [-0.4, -0.2) is 40.5 Å². The fourth-order valence-electron chi connectivity index (χ4n) is 3.82. The number of halogens is 3. The van der Waals surface area contributed by atoms with Gasteiger partial charge in [0.25, 0.3) is 17.7 Å². The van der Waals surface area contributed by atoms with Crippen molar-refractivity contribution in [1.29, 1.82) is 0 Å². The lowest BCUT2D eigenvalue weighted by molar-refractivity contribution is -0.138. The Balaban J connectivity index is 1.52. The Morgan fingerprint density at radius 1 is 1.03 bits per heavy atom. The van der Waals surface area contributed by atoms with E-state index in [9.17, 15) is 37.1 Å². The highest BCUT2D eigenvalue weighted by Crippen LogP contribution is 2.31. The van der Waals surface area contributed by atoms with E-state index in [2.05, 4.69) is 10.6 Å². The van der Waals surface area contributed by atoms with Crippen molar-refractivity contribution in [3.8, 4) is 0 Å². The lowest BCUT2D eigenvalue weighted by Gasteiger charge is -2.27. The summed E-state index contributed by atoms with van der Waals surface area (Å²) in [4.78, 5) is 62.6. The number of piperidine rings is 1. The summed E-state index contributed by atoms with van der Waals surface area (Å²) in [6.45, 7) is -0.175. The van der Waals surface area contributed by atoms with Gasteiger partial charge in [0.05, 0.1) is 16.7 Å². The number of carbonyl (C=O) groups excluding carboxylic acids is 5. The molecule has 2 heterocycles. The Bertz CT molecular complexity index is 1190. The molecular formula is C22H16F3N3O5. The number of amides is 5. The third-order valence-electron chi connectivity index (χ3n) is 5.47. The molecule has 11 heteroatoms. The number of nitrogens with zero attached hydrogens (tertiary/aromatic N) is 1. The molecule has 2 N–H and O–H groups in total. The first-order chi connectivity index (χ1) is 15.6. The van der Waals surface area contributed by atoms with Crippen LogP contribution in [0.1, 0.15) is 55.0 Å². The molecular weight excluding hydrogens is 443 g/mol. The molecule has 170 valence electrons. The minimum atomic E-state index is -4.53. The second kappa shape index (κ2) is 8.15. The summed E-state index contributed by atoms with van der Waals surface area (Å²) in [6, 6.07) is 6.97. The fraction of sp³-hybridized carbons (Fsp3) is 0.227. The Labute approximate surface area is 184 Å². The molecule has 1 unspecified atom stereocenters. The minimum Gasteiger partial charge on any atom is -0.348 e. The van der Waals surface area contributed by atoms with Gasteiger partial charge in [-0.3, -0.25) is 34.2 Å². The molecule has 0 aromatic heterocycles. The van der Waals surface area contributed by atoms with Gasteiger partial charge in [0.15, 0.2) is 0 Å². The number of alkyl halides is 3. The van der Waals surface area contributed by atoms with Crippen molar-refractivity contribution in [2.45, 2.75) is 31.6 Å². The van der Waals surface area contributed by atoms with Crippen molar-refractivity contribution in [2.75, 3.05) is 0 Å². The van der Waals surface area contributed by atoms with Crippen LogP contribution in [0.3, 0.4) is 0 Å². The molecule has 5 amide bonds. The molecule has 0 bridgehead atoms. The van der Waals surface area contributed by atoms with Crippen LogP contribution in [0.2, 0.25) is 0 Å². The zero-order valence-electron chi connectivity index (χ0n) is 16.9. The second-order valence-corrected chi connectivity index (χ2v) is 7.54. The van der Waals surface area contributed by atoms with Gasteiger partial charge in [-0.1, -0.05) is 12.1 Å². The van der Waals surface area contributed by atoms with Gasteiger partial charge in [0.1, 0.15) is 6.04 Å². The Morgan fingerprint density at radius 2 is 1.73 bits per heavy atom. The summed E-state index contributed by atoms with van der Waals surface area (Å²) in [5.74, 6) is -3.29. The number of hydrogen-bond acceptors (Lipinski definition) is 5. The van der Waals surface area contributed by atoms with Crippen molar-refractivity contribution in [3.63, 3.8) is 0 Å². The maximum atomic E-state index is 13.0. The lowest BCUT2D eigenvalue weighted by Crippen LogP contribution is -2.54. The predicted molar refractivity (Wildman–Crippen MR) is 106 cm³/mol. The van der Waals surface area contributed by atoms with E-state index in [1.807, 2.05) is 0 Å². The van der Waals surface area contributed by atoms with Crippen LogP contribution >= 0.6 is 0 Å². The zero-order chi connectivity index (χ0) is 23.9. The van der Waals surface area contributed by atoms with E-state index in [1.54, 1.807) is 0 Å². The highest BCUT2D eigenvalue weighted by molar-refractivity contribution is 6.24. The van der Waals surface area contributed by atoms with Gasteiger partial charge in [-0.2, -0.15) is 13.2 Å². The van der Waals surface area contributed by atoms with Gasteiger partial charge in [-0.05, 0) is 42.3 Å². The SMILES string of the molecule is O=C1CCC(N2C(=O)c3cccc(CNC(=O)c4ccc(C(F)(F)F)cc4)c3C2=O)C(=O)N1. The van der Waals surface area contributed by atoms with Crippen LogP contribution in [0.5, 0.6) is 0 Å². The number of fused-ring (bicyclic) bond motifs is 1. The smallest absolute Gasteiger partial charge is 0.348 e. The molecule has 2 aromatic carbocycles. The van der Waals surface area contributed by atoms with E-state index in [1.165, 1.54) is 18.2 Å². The molecule has 2 aliphatic rings. The highest BCUT2D eigenvalue weighted by Gasteiger charge is 2.45. The average molecular weight is 459 g/mol. The van der Waals surface area contributed by atoms with Crippen LogP contribution in [-0.2, 0) is 22.3 Å². The molecule has 4 rings (SSSR count). The quantitative estimate of drug-likeness (QED) is 0.680. The predicted octanol–water partition coefficient (Wildman–Crippen LogP) is 2.04. The fourth-order valence-corrected chi connectivity index (χ4v) is 3.82. The first-order valence-electron chi connectivity index (χ1n) is 9.87. The van der Waals surface area contributed by atoms with E-state index in [0.29, 0.717) is 5.56 Å². The van der Waals surface area contributed by atoms with E-state index in [0.717, 1.165) is 29.2 Å². The Kier molecular flexibility index (Phi) is 5.48. The normalized spacial score (nSPS) is 18.3. The third kappa shape index (κ3) is 4.09. The molecule has 2 aliphatic heterocycles. The van der Waals surface area contributed by atoms with Crippen molar-refractivity contribution in [1.82, 2.24) is 15.5 Å². The zero-order valence-corrected chi connectivity index (χ0v) is 16.9. The third-order valence-corrected chi connectivity index (χ3v) is 5.47. The molecule has 0 saturated carbocycles. The van der Waals surface area contributed by atoms with Crippen LogP contribution in [0.4, 0.5) is 13.2 Å². The summed E-state index contributed by atoms with van der Waals surface area (Å²) >= 11 is 0. The van der Waals surface area contributed by atoms with Crippen molar-refractivity contribution in [2.24, 2.45) is 0 Å². The molecule has 0 radical (unpaired) electrons. The number of imide groups is 2. The molecule has 1 atom stereocenters. The van der Waals surface area contributed by atoms with Crippen LogP contribution in [0, 0.1) is 0 Å². The minimum absolute atomic E-state index is 0.0100. The van der Waals surface area contributed by atoms with Gasteiger partial charge < -0.3 is 5.32 Å². The summed E-state index contributed by atoms with van der Waals surface area (Å²) < 4.78 is 38.1. The topological polar surface area (TPSA) is 113 Å². The van der Waals surface area contributed by atoms with Gasteiger partial charge in [-0.15, -0.1) is 0 Å². The van der Waals surface area contributed by atoms with Crippen LogP contribution in [0.25, 0.3) is 0 Å². The largest absolute Gasteiger partial charge is 0.416 e. The monoisotopic (exact) mass is 459 g/mol. The summed E-state index contributed by atoms with van der Waals surface area (Å²) in [6.07, 6.45) is -4.53. The molecule has 8 nitrogen and oxygen atoms in total. The maximum Gasteiger partial charge on any atom is 0.416 e. The molecule has 2 aromatic rings. The summed E-state index contributed by atoms with van der Waals surface area (Å²) in [5, 5.41) is 4.63. The average Bonchev–Trinajstić information content (AvgIpc) is 3.02. The van der Waals surface area contributed by atoms with Gasteiger partial charge in [0, 0.05) is 18.5 Å².